The largest absolute Gasteiger partial charge is 0.314 e. The van der Waals surface area contributed by atoms with Gasteiger partial charge >= 0.3 is 0 Å². The van der Waals surface area contributed by atoms with Gasteiger partial charge < -0.3 is 5.32 Å². The molecular weight excluding hydrogens is 206 g/mol. The molecule has 0 saturated heterocycles. The van der Waals surface area contributed by atoms with E-state index in [-0.39, 0.29) is 0 Å². The van der Waals surface area contributed by atoms with Crippen LogP contribution >= 0.6 is 0 Å². The van der Waals surface area contributed by atoms with E-state index in [2.05, 4.69) is 56.4 Å². The topological polar surface area (TPSA) is 12.0 Å². The van der Waals surface area contributed by atoms with Crippen molar-refractivity contribution >= 4 is 0 Å². The van der Waals surface area contributed by atoms with Crippen LogP contribution in [0, 0.1) is 11.3 Å². The molecular formula is C16H25N. The van der Waals surface area contributed by atoms with E-state index < -0.39 is 0 Å². The third-order valence-electron chi connectivity index (χ3n) is 4.23. The second-order valence-corrected chi connectivity index (χ2v) is 5.84. The van der Waals surface area contributed by atoms with Gasteiger partial charge in [-0.1, -0.05) is 51.1 Å². The highest BCUT2D eigenvalue weighted by atomic mass is 14.9. The highest BCUT2D eigenvalue weighted by Crippen LogP contribution is 2.56. The zero-order valence-corrected chi connectivity index (χ0v) is 11.4. The van der Waals surface area contributed by atoms with Gasteiger partial charge in [0.25, 0.3) is 0 Å². The molecule has 1 aliphatic carbocycles. The minimum atomic E-state index is 0.587. The Hall–Kier alpha value is -0.820. The first-order chi connectivity index (χ1) is 8.16. The fraction of sp³-hybridized carbons (Fsp3) is 0.625. The second kappa shape index (κ2) is 5.22. The predicted octanol–water partition coefficient (Wildman–Crippen LogP) is 3.64. The Morgan fingerprint density at radius 3 is 2.59 bits per heavy atom. The molecule has 0 bridgehead atoms. The van der Waals surface area contributed by atoms with E-state index in [1.54, 1.807) is 0 Å². The SMILES string of the molecule is CCC1(Cc2ccccc2)CC1CNC(C)C. The van der Waals surface area contributed by atoms with Gasteiger partial charge in [-0.15, -0.1) is 0 Å². The van der Waals surface area contributed by atoms with Crippen molar-refractivity contribution in [2.24, 2.45) is 11.3 Å². The number of nitrogens with one attached hydrogen (secondary N) is 1. The molecule has 1 fully saturated rings. The number of benzene rings is 1. The highest BCUT2D eigenvalue weighted by molar-refractivity contribution is 5.20. The molecule has 94 valence electrons. The van der Waals surface area contributed by atoms with Crippen molar-refractivity contribution in [1.82, 2.24) is 5.32 Å². The number of hydrogen-bond donors (Lipinski definition) is 1. The molecule has 1 aromatic rings. The summed E-state index contributed by atoms with van der Waals surface area (Å²) in [6.07, 6.45) is 3.97. The average molecular weight is 231 g/mol. The molecule has 2 rings (SSSR count). The Kier molecular flexibility index (Phi) is 3.88. The highest BCUT2D eigenvalue weighted by Gasteiger charge is 2.51. The molecule has 1 nitrogen and oxygen atoms in total. The van der Waals surface area contributed by atoms with Gasteiger partial charge in [0.2, 0.25) is 0 Å². The lowest BCUT2D eigenvalue weighted by molar-refractivity contribution is 0.412. The minimum absolute atomic E-state index is 0.587. The van der Waals surface area contributed by atoms with Crippen LogP contribution in [0.4, 0.5) is 0 Å². The Labute approximate surface area is 106 Å². The first kappa shape index (κ1) is 12.6. The zero-order valence-electron chi connectivity index (χ0n) is 11.4. The normalized spacial score (nSPS) is 27.4. The van der Waals surface area contributed by atoms with Gasteiger partial charge in [0.1, 0.15) is 0 Å². The van der Waals surface area contributed by atoms with Crippen molar-refractivity contribution in [2.45, 2.75) is 46.1 Å². The van der Waals surface area contributed by atoms with Gasteiger partial charge in [-0.25, -0.2) is 0 Å². The lowest BCUT2D eigenvalue weighted by Crippen LogP contribution is -2.27. The van der Waals surface area contributed by atoms with Crippen LogP contribution in [-0.2, 0) is 6.42 Å². The molecule has 0 radical (unpaired) electrons. The van der Waals surface area contributed by atoms with Crippen molar-refractivity contribution in [3.8, 4) is 0 Å². The summed E-state index contributed by atoms with van der Waals surface area (Å²) < 4.78 is 0. The van der Waals surface area contributed by atoms with E-state index in [4.69, 9.17) is 0 Å². The Bertz CT molecular complexity index is 344. The molecule has 0 amide bonds. The van der Waals surface area contributed by atoms with E-state index in [0.717, 1.165) is 5.92 Å². The molecule has 1 aliphatic rings. The van der Waals surface area contributed by atoms with Gasteiger partial charge in [0.15, 0.2) is 0 Å². The summed E-state index contributed by atoms with van der Waals surface area (Å²) >= 11 is 0. The first-order valence-corrected chi connectivity index (χ1v) is 6.93. The number of hydrogen-bond acceptors (Lipinski definition) is 1. The summed E-state index contributed by atoms with van der Waals surface area (Å²) in [6, 6.07) is 11.6. The number of rotatable bonds is 6. The molecule has 2 unspecified atom stereocenters. The second-order valence-electron chi connectivity index (χ2n) is 5.84. The quantitative estimate of drug-likeness (QED) is 0.788. The van der Waals surface area contributed by atoms with Gasteiger partial charge in [0, 0.05) is 6.04 Å². The van der Waals surface area contributed by atoms with E-state index in [9.17, 15) is 0 Å². The van der Waals surface area contributed by atoms with Gasteiger partial charge in [-0.3, -0.25) is 0 Å². The van der Waals surface area contributed by atoms with Gasteiger partial charge in [0.05, 0.1) is 0 Å². The van der Waals surface area contributed by atoms with Crippen LogP contribution in [0.2, 0.25) is 0 Å². The van der Waals surface area contributed by atoms with Crippen molar-refractivity contribution < 1.29 is 0 Å². The summed E-state index contributed by atoms with van der Waals surface area (Å²) in [5.41, 5.74) is 2.09. The van der Waals surface area contributed by atoms with E-state index in [0.29, 0.717) is 11.5 Å². The summed E-state index contributed by atoms with van der Waals surface area (Å²) in [7, 11) is 0. The third-order valence-corrected chi connectivity index (χ3v) is 4.23. The standard InChI is InChI=1S/C16H25N/c1-4-16(10-14-8-6-5-7-9-14)11-15(16)12-17-13(2)3/h5-9,13,15,17H,4,10-12H2,1-3H3. The Morgan fingerprint density at radius 2 is 2.00 bits per heavy atom. The molecule has 0 heterocycles. The molecule has 0 spiro atoms. The molecule has 1 heteroatoms. The van der Waals surface area contributed by atoms with Crippen LogP contribution in [0.3, 0.4) is 0 Å². The van der Waals surface area contributed by atoms with Crippen LogP contribution in [0.25, 0.3) is 0 Å². The third kappa shape index (κ3) is 3.10. The van der Waals surface area contributed by atoms with Crippen molar-refractivity contribution in [2.75, 3.05) is 6.54 Å². The molecule has 1 aromatic carbocycles. The summed E-state index contributed by atoms with van der Waals surface area (Å²) in [5.74, 6) is 0.884. The van der Waals surface area contributed by atoms with Crippen LogP contribution in [0.5, 0.6) is 0 Å². The van der Waals surface area contributed by atoms with Crippen LogP contribution < -0.4 is 5.32 Å². The Morgan fingerprint density at radius 1 is 1.29 bits per heavy atom. The van der Waals surface area contributed by atoms with Crippen molar-refractivity contribution in [3.63, 3.8) is 0 Å². The monoisotopic (exact) mass is 231 g/mol. The van der Waals surface area contributed by atoms with Crippen LogP contribution in [-0.4, -0.2) is 12.6 Å². The van der Waals surface area contributed by atoms with E-state index >= 15 is 0 Å². The Balaban J connectivity index is 1.90. The zero-order chi connectivity index (χ0) is 12.3. The van der Waals surface area contributed by atoms with E-state index in [1.807, 2.05) is 0 Å². The maximum atomic E-state index is 3.58. The summed E-state index contributed by atoms with van der Waals surface area (Å²) in [6.45, 7) is 8.00. The van der Waals surface area contributed by atoms with Gasteiger partial charge in [-0.2, -0.15) is 0 Å². The molecule has 2 atom stereocenters. The molecule has 0 aromatic heterocycles. The minimum Gasteiger partial charge on any atom is -0.314 e. The molecule has 1 N–H and O–H groups in total. The van der Waals surface area contributed by atoms with Crippen molar-refractivity contribution in [3.05, 3.63) is 35.9 Å². The lowest BCUT2D eigenvalue weighted by Gasteiger charge is -2.16. The lowest BCUT2D eigenvalue weighted by atomic mass is 9.91. The smallest absolute Gasteiger partial charge is 0.00104 e. The van der Waals surface area contributed by atoms with Crippen LogP contribution in [0.15, 0.2) is 30.3 Å². The summed E-state index contributed by atoms with van der Waals surface area (Å²) in [4.78, 5) is 0. The maximum absolute atomic E-state index is 3.58. The average Bonchev–Trinajstić information content (AvgIpc) is 3.02. The fourth-order valence-corrected chi connectivity index (χ4v) is 2.88. The molecule has 17 heavy (non-hydrogen) atoms. The maximum Gasteiger partial charge on any atom is 0.00104 e. The van der Waals surface area contributed by atoms with Gasteiger partial charge in [-0.05, 0) is 42.7 Å². The van der Waals surface area contributed by atoms with E-state index in [1.165, 1.54) is 31.4 Å². The first-order valence-electron chi connectivity index (χ1n) is 6.93. The van der Waals surface area contributed by atoms with Crippen molar-refractivity contribution in [1.29, 1.82) is 0 Å². The predicted molar refractivity (Wildman–Crippen MR) is 74.1 cm³/mol. The molecule has 0 aliphatic heterocycles. The molecule has 1 saturated carbocycles. The summed E-state index contributed by atoms with van der Waals surface area (Å²) in [5, 5.41) is 3.58. The van der Waals surface area contributed by atoms with Crippen LogP contribution in [0.1, 0.15) is 39.2 Å². The fourth-order valence-electron chi connectivity index (χ4n) is 2.88.